The quantitative estimate of drug-likeness (QED) is 0.775. The largest absolute Gasteiger partial charge is 0.338 e. The highest BCUT2D eigenvalue weighted by atomic mass is 79.9. The average molecular weight is 288 g/mol. The van der Waals surface area contributed by atoms with Crippen LogP contribution in [-0.2, 0) is 0 Å². The molecule has 0 bridgehead atoms. The van der Waals surface area contributed by atoms with Crippen molar-refractivity contribution in [2.24, 2.45) is 5.92 Å². The van der Waals surface area contributed by atoms with Crippen molar-refractivity contribution in [3.63, 3.8) is 0 Å². The zero-order valence-corrected chi connectivity index (χ0v) is 11.1. The van der Waals surface area contributed by atoms with E-state index in [0.29, 0.717) is 5.92 Å². The molecule has 2 nitrogen and oxygen atoms in total. The predicted octanol–water partition coefficient (Wildman–Crippen LogP) is 3.38. The van der Waals surface area contributed by atoms with Crippen molar-refractivity contribution in [2.75, 3.05) is 13.1 Å². The molecule has 0 saturated carbocycles. The van der Waals surface area contributed by atoms with Gasteiger partial charge in [-0.15, -0.1) is 11.3 Å². The van der Waals surface area contributed by atoms with Crippen molar-refractivity contribution in [1.29, 1.82) is 0 Å². The Morgan fingerprint density at radius 2 is 2.47 bits per heavy atom. The molecule has 1 fully saturated rings. The van der Waals surface area contributed by atoms with E-state index in [-0.39, 0.29) is 5.91 Å². The molecule has 1 amide bonds. The molecule has 2 heterocycles. The summed E-state index contributed by atoms with van der Waals surface area (Å²) in [6.45, 7) is 4.03. The summed E-state index contributed by atoms with van der Waals surface area (Å²) in [7, 11) is 0. The van der Waals surface area contributed by atoms with E-state index in [0.717, 1.165) is 28.9 Å². The Morgan fingerprint density at radius 3 is 3.07 bits per heavy atom. The number of rotatable bonds is 1. The van der Waals surface area contributed by atoms with Gasteiger partial charge < -0.3 is 4.90 Å². The molecule has 0 N–H and O–H groups in total. The smallest absolute Gasteiger partial charge is 0.265 e. The summed E-state index contributed by atoms with van der Waals surface area (Å²) in [5.41, 5.74) is 0. The Kier molecular flexibility index (Phi) is 3.46. The van der Waals surface area contributed by atoms with Crippen molar-refractivity contribution < 1.29 is 4.79 Å². The van der Waals surface area contributed by atoms with E-state index in [1.165, 1.54) is 17.8 Å². The van der Waals surface area contributed by atoms with Crippen LogP contribution >= 0.6 is 27.3 Å². The van der Waals surface area contributed by atoms with E-state index >= 15 is 0 Å². The highest BCUT2D eigenvalue weighted by Gasteiger charge is 2.23. The number of likely N-dealkylation sites (tertiary alicyclic amines) is 1. The molecular weight excluding hydrogens is 274 g/mol. The van der Waals surface area contributed by atoms with Gasteiger partial charge in [-0.2, -0.15) is 0 Å². The van der Waals surface area contributed by atoms with Crippen LogP contribution in [-0.4, -0.2) is 23.9 Å². The highest BCUT2D eigenvalue weighted by Crippen LogP contribution is 2.26. The fourth-order valence-electron chi connectivity index (χ4n) is 1.96. The fourth-order valence-corrected chi connectivity index (χ4v) is 3.47. The summed E-state index contributed by atoms with van der Waals surface area (Å²) in [6.07, 6.45) is 2.38. The van der Waals surface area contributed by atoms with Crippen LogP contribution in [0.1, 0.15) is 29.4 Å². The Labute approximate surface area is 102 Å². The maximum absolute atomic E-state index is 12.1. The molecule has 1 aromatic rings. The number of hydrogen-bond donors (Lipinski definition) is 0. The van der Waals surface area contributed by atoms with Gasteiger partial charge in [0.05, 0.1) is 0 Å². The van der Waals surface area contributed by atoms with Crippen LogP contribution in [0.15, 0.2) is 15.9 Å². The Bertz CT molecular complexity index is 363. The van der Waals surface area contributed by atoms with Crippen LogP contribution in [0.2, 0.25) is 0 Å². The number of piperidine rings is 1. The predicted molar refractivity (Wildman–Crippen MR) is 66.3 cm³/mol. The van der Waals surface area contributed by atoms with Gasteiger partial charge in [0.25, 0.3) is 5.91 Å². The summed E-state index contributed by atoms with van der Waals surface area (Å²) in [5.74, 6) is 0.824. The van der Waals surface area contributed by atoms with E-state index in [2.05, 4.69) is 22.9 Å². The lowest BCUT2D eigenvalue weighted by atomic mass is 10.0. The number of halogens is 1. The fraction of sp³-hybridized carbons (Fsp3) is 0.545. The number of nitrogens with zero attached hydrogens (tertiary/aromatic N) is 1. The first-order valence-electron chi connectivity index (χ1n) is 5.20. The Hall–Kier alpha value is -0.350. The summed E-state index contributed by atoms with van der Waals surface area (Å²) in [6, 6.07) is 1.94. The molecule has 0 radical (unpaired) electrons. The van der Waals surface area contributed by atoms with Crippen LogP contribution < -0.4 is 0 Å². The van der Waals surface area contributed by atoms with E-state index in [4.69, 9.17) is 0 Å². The minimum atomic E-state index is 0.184. The lowest BCUT2D eigenvalue weighted by molar-refractivity contribution is 0.0687. The van der Waals surface area contributed by atoms with Crippen LogP contribution in [0.5, 0.6) is 0 Å². The lowest BCUT2D eigenvalue weighted by Crippen LogP contribution is -2.38. The second-order valence-electron chi connectivity index (χ2n) is 4.10. The number of carbonyl (C=O) groups is 1. The molecule has 1 aliphatic heterocycles. The topological polar surface area (TPSA) is 20.3 Å². The Balaban J connectivity index is 2.11. The van der Waals surface area contributed by atoms with Crippen molar-refractivity contribution in [3.05, 3.63) is 20.8 Å². The SMILES string of the molecule is CC1CCCN(C(=O)c2sccc2Br)C1. The molecule has 4 heteroatoms. The average Bonchev–Trinajstić information content (AvgIpc) is 2.63. The van der Waals surface area contributed by atoms with Gasteiger partial charge in [0.1, 0.15) is 4.88 Å². The summed E-state index contributed by atoms with van der Waals surface area (Å²) >= 11 is 4.93. The third-order valence-electron chi connectivity index (χ3n) is 2.76. The number of hydrogen-bond acceptors (Lipinski definition) is 2. The molecule has 0 spiro atoms. The highest BCUT2D eigenvalue weighted by molar-refractivity contribution is 9.10. The second kappa shape index (κ2) is 4.66. The third kappa shape index (κ3) is 2.42. The number of amides is 1. The second-order valence-corrected chi connectivity index (χ2v) is 5.87. The van der Waals surface area contributed by atoms with Crippen LogP contribution in [0, 0.1) is 5.92 Å². The van der Waals surface area contributed by atoms with Crippen molar-refractivity contribution in [3.8, 4) is 0 Å². The summed E-state index contributed by atoms with van der Waals surface area (Å²) in [4.78, 5) is 14.9. The number of carbonyl (C=O) groups excluding carboxylic acids is 1. The summed E-state index contributed by atoms with van der Waals surface area (Å²) < 4.78 is 0.927. The molecule has 1 aliphatic rings. The molecular formula is C11H14BrNOS. The van der Waals surface area contributed by atoms with E-state index in [9.17, 15) is 4.79 Å². The normalized spacial score (nSPS) is 21.7. The van der Waals surface area contributed by atoms with Gasteiger partial charge in [-0.3, -0.25) is 4.79 Å². The van der Waals surface area contributed by atoms with Crippen LogP contribution in [0.4, 0.5) is 0 Å². The molecule has 15 heavy (non-hydrogen) atoms. The minimum absolute atomic E-state index is 0.184. The van der Waals surface area contributed by atoms with Gasteiger partial charge in [0, 0.05) is 17.6 Å². The van der Waals surface area contributed by atoms with E-state index < -0.39 is 0 Å². The van der Waals surface area contributed by atoms with Gasteiger partial charge in [-0.05, 0) is 46.1 Å². The standard InChI is InChI=1S/C11H14BrNOS/c1-8-3-2-5-13(7-8)11(14)10-9(12)4-6-15-10/h4,6,8H,2-3,5,7H2,1H3. The number of thiophene rings is 1. The lowest BCUT2D eigenvalue weighted by Gasteiger charge is -2.30. The molecule has 82 valence electrons. The Morgan fingerprint density at radius 1 is 1.67 bits per heavy atom. The maximum atomic E-state index is 12.1. The van der Waals surface area contributed by atoms with Crippen LogP contribution in [0.25, 0.3) is 0 Å². The monoisotopic (exact) mass is 287 g/mol. The molecule has 0 aliphatic carbocycles. The first-order chi connectivity index (χ1) is 7.18. The zero-order valence-electron chi connectivity index (χ0n) is 8.70. The van der Waals surface area contributed by atoms with Gasteiger partial charge in [0.2, 0.25) is 0 Å². The van der Waals surface area contributed by atoms with Crippen molar-refractivity contribution in [1.82, 2.24) is 4.90 Å². The first-order valence-corrected chi connectivity index (χ1v) is 6.88. The van der Waals surface area contributed by atoms with Gasteiger partial charge in [-0.1, -0.05) is 6.92 Å². The van der Waals surface area contributed by atoms with E-state index in [1.54, 1.807) is 0 Å². The molecule has 0 aromatic carbocycles. The molecule has 2 rings (SSSR count). The van der Waals surface area contributed by atoms with Gasteiger partial charge >= 0.3 is 0 Å². The molecule has 1 atom stereocenters. The van der Waals surface area contributed by atoms with Crippen molar-refractivity contribution >= 4 is 33.2 Å². The van der Waals surface area contributed by atoms with Crippen LogP contribution in [0.3, 0.4) is 0 Å². The third-order valence-corrected chi connectivity index (χ3v) is 4.58. The maximum Gasteiger partial charge on any atom is 0.265 e. The molecule has 1 unspecified atom stereocenters. The minimum Gasteiger partial charge on any atom is -0.338 e. The van der Waals surface area contributed by atoms with Crippen molar-refractivity contribution in [2.45, 2.75) is 19.8 Å². The molecule has 1 aromatic heterocycles. The first kappa shape index (κ1) is 11.1. The zero-order chi connectivity index (χ0) is 10.8. The van der Waals surface area contributed by atoms with Gasteiger partial charge in [0.15, 0.2) is 0 Å². The van der Waals surface area contributed by atoms with Gasteiger partial charge in [-0.25, -0.2) is 0 Å². The summed E-state index contributed by atoms with van der Waals surface area (Å²) in [5, 5.41) is 1.95. The van der Waals surface area contributed by atoms with E-state index in [1.807, 2.05) is 16.3 Å². The molecule has 1 saturated heterocycles.